The molecule has 4 rings (SSSR count). The number of benzene rings is 2. The lowest BCUT2D eigenvalue weighted by molar-refractivity contribution is -0.117. The van der Waals surface area contributed by atoms with Crippen molar-refractivity contribution in [3.8, 4) is 5.69 Å². The first-order chi connectivity index (χ1) is 12.5. The molecule has 2 aromatic carbocycles. The third-order valence-corrected chi connectivity index (χ3v) is 4.68. The molecule has 1 unspecified atom stereocenters. The van der Waals surface area contributed by atoms with E-state index in [1.165, 1.54) is 0 Å². The monoisotopic (exact) mass is 364 g/mol. The van der Waals surface area contributed by atoms with Gasteiger partial charge in [-0.3, -0.25) is 14.4 Å². The number of nitrogens with zero attached hydrogens (tertiary/aromatic N) is 4. The summed E-state index contributed by atoms with van der Waals surface area (Å²) in [5.74, 6) is 1.52. The predicted octanol–water partition coefficient (Wildman–Crippen LogP) is 4.10. The van der Waals surface area contributed by atoms with Gasteiger partial charge < -0.3 is 0 Å². The van der Waals surface area contributed by atoms with Crippen molar-refractivity contribution >= 4 is 23.1 Å². The zero-order chi connectivity index (χ0) is 18.3. The van der Waals surface area contributed by atoms with E-state index in [1.807, 2.05) is 60.0 Å². The molecule has 0 amide bonds. The summed E-state index contributed by atoms with van der Waals surface area (Å²) in [7, 11) is 0. The van der Waals surface area contributed by atoms with Crippen LogP contribution in [0.3, 0.4) is 0 Å². The van der Waals surface area contributed by atoms with E-state index in [0.717, 1.165) is 28.4 Å². The Morgan fingerprint density at radius 2 is 1.85 bits per heavy atom. The molecule has 0 N–H and O–H groups in total. The number of aliphatic imine (C=N–C) groups is 1. The predicted molar refractivity (Wildman–Crippen MR) is 101 cm³/mol. The number of hydrogen-bond donors (Lipinski definition) is 0. The molecule has 1 atom stereocenters. The molecule has 26 heavy (non-hydrogen) atoms. The van der Waals surface area contributed by atoms with E-state index in [1.54, 1.807) is 6.92 Å². The molecule has 0 aliphatic carbocycles. The summed E-state index contributed by atoms with van der Waals surface area (Å²) in [5, 5.41) is 9.22. The second kappa shape index (κ2) is 6.50. The van der Waals surface area contributed by atoms with Crippen LogP contribution < -0.4 is 0 Å². The molecular weight excluding hydrogens is 348 g/mol. The Labute approximate surface area is 156 Å². The van der Waals surface area contributed by atoms with Gasteiger partial charge in [-0.2, -0.15) is 0 Å². The summed E-state index contributed by atoms with van der Waals surface area (Å²) >= 11 is 6.05. The quantitative estimate of drug-likeness (QED) is 0.703. The van der Waals surface area contributed by atoms with Crippen LogP contribution in [0.2, 0.25) is 5.02 Å². The fourth-order valence-corrected chi connectivity index (χ4v) is 3.42. The number of aryl methyl sites for hydroxylation is 1. The Bertz CT molecular complexity index is 1020. The standard InChI is InChI=1S/C20H17ClN4O/c1-12(26)11-17-20-24-23-13(2)25(20)18-6-4-3-5-16(18)19(22-17)14-7-9-15(21)10-8-14/h3-10,17H,11H2,1-2H3. The molecule has 0 fully saturated rings. The zero-order valence-electron chi connectivity index (χ0n) is 14.5. The Kier molecular flexibility index (Phi) is 4.17. The van der Waals surface area contributed by atoms with Crippen molar-refractivity contribution < 1.29 is 4.79 Å². The molecule has 0 spiro atoms. The van der Waals surface area contributed by atoms with Gasteiger partial charge in [0.05, 0.1) is 11.4 Å². The molecule has 130 valence electrons. The zero-order valence-corrected chi connectivity index (χ0v) is 15.2. The van der Waals surface area contributed by atoms with Gasteiger partial charge in [-0.15, -0.1) is 10.2 Å². The largest absolute Gasteiger partial charge is 0.300 e. The van der Waals surface area contributed by atoms with E-state index < -0.39 is 0 Å². The minimum Gasteiger partial charge on any atom is -0.300 e. The van der Waals surface area contributed by atoms with E-state index >= 15 is 0 Å². The summed E-state index contributed by atoms with van der Waals surface area (Å²) in [6.45, 7) is 3.48. The second-order valence-electron chi connectivity index (χ2n) is 6.36. The van der Waals surface area contributed by atoms with Crippen molar-refractivity contribution in [2.24, 2.45) is 4.99 Å². The maximum atomic E-state index is 11.9. The summed E-state index contributed by atoms with van der Waals surface area (Å²) < 4.78 is 2.00. The van der Waals surface area contributed by atoms with Crippen LogP contribution >= 0.6 is 11.6 Å². The number of ketones is 1. The van der Waals surface area contributed by atoms with Crippen LogP contribution in [-0.4, -0.2) is 26.3 Å². The second-order valence-corrected chi connectivity index (χ2v) is 6.80. The molecular formula is C20H17ClN4O. The highest BCUT2D eigenvalue weighted by atomic mass is 35.5. The van der Waals surface area contributed by atoms with Crippen LogP contribution in [0.1, 0.15) is 42.2 Å². The maximum absolute atomic E-state index is 11.9. The van der Waals surface area contributed by atoms with Gasteiger partial charge in [0.15, 0.2) is 5.82 Å². The molecule has 0 saturated heterocycles. The fraction of sp³-hybridized carbons (Fsp3) is 0.200. The first-order valence-corrected chi connectivity index (χ1v) is 8.77. The SMILES string of the molecule is CC(=O)CC1N=C(c2ccc(Cl)cc2)c2ccccc2-n2c(C)nnc21. The normalized spacial score (nSPS) is 15.7. The molecule has 6 heteroatoms. The van der Waals surface area contributed by atoms with Crippen molar-refractivity contribution in [1.29, 1.82) is 0 Å². The van der Waals surface area contributed by atoms with Crippen LogP contribution in [0, 0.1) is 6.92 Å². The molecule has 1 aromatic heterocycles. The Morgan fingerprint density at radius 3 is 2.58 bits per heavy atom. The van der Waals surface area contributed by atoms with E-state index in [4.69, 9.17) is 16.6 Å². The van der Waals surface area contributed by atoms with Gasteiger partial charge in [-0.1, -0.05) is 41.9 Å². The van der Waals surface area contributed by atoms with E-state index in [9.17, 15) is 4.79 Å². The number of halogens is 1. The number of carbonyl (C=O) groups is 1. The molecule has 0 saturated carbocycles. The fourth-order valence-electron chi connectivity index (χ4n) is 3.29. The number of rotatable bonds is 3. The average Bonchev–Trinajstić information content (AvgIpc) is 2.94. The van der Waals surface area contributed by atoms with Gasteiger partial charge in [0.2, 0.25) is 0 Å². The highest BCUT2D eigenvalue weighted by molar-refractivity contribution is 6.30. The van der Waals surface area contributed by atoms with Crippen molar-refractivity contribution in [2.75, 3.05) is 0 Å². The first kappa shape index (κ1) is 16.7. The summed E-state index contributed by atoms with van der Waals surface area (Å²) in [6, 6.07) is 15.2. The van der Waals surface area contributed by atoms with Crippen molar-refractivity contribution in [1.82, 2.24) is 14.8 Å². The number of aromatic nitrogens is 3. The van der Waals surface area contributed by atoms with Crippen molar-refractivity contribution in [3.05, 3.63) is 76.3 Å². The van der Waals surface area contributed by atoms with Crippen LogP contribution in [-0.2, 0) is 4.79 Å². The van der Waals surface area contributed by atoms with Crippen molar-refractivity contribution in [3.63, 3.8) is 0 Å². The number of fused-ring (bicyclic) bond motifs is 3. The molecule has 0 bridgehead atoms. The maximum Gasteiger partial charge on any atom is 0.162 e. The van der Waals surface area contributed by atoms with Crippen LogP contribution in [0.15, 0.2) is 53.5 Å². The van der Waals surface area contributed by atoms with E-state index in [2.05, 4.69) is 10.2 Å². The lowest BCUT2D eigenvalue weighted by Gasteiger charge is -2.12. The molecule has 1 aliphatic rings. The molecule has 1 aliphatic heterocycles. The highest BCUT2D eigenvalue weighted by Crippen LogP contribution is 2.32. The Morgan fingerprint density at radius 1 is 1.12 bits per heavy atom. The van der Waals surface area contributed by atoms with Gasteiger partial charge in [0.1, 0.15) is 17.6 Å². The number of para-hydroxylation sites is 1. The smallest absolute Gasteiger partial charge is 0.162 e. The minimum absolute atomic E-state index is 0.0624. The Balaban J connectivity index is 1.99. The summed E-state index contributed by atoms with van der Waals surface area (Å²) in [6.07, 6.45) is 0.281. The first-order valence-electron chi connectivity index (χ1n) is 8.39. The topological polar surface area (TPSA) is 60.1 Å². The van der Waals surface area contributed by atoms with Crippen molar-refractivity contribution in [2.45, 2.75) is 26.3 Å². The van der Waals surface area contributed by atoms with Crippen LogP contribution in [0.4, 0.5) is 0 Å². The molecule has 3 aromatic rings. The van der Waals surface area contributed by atoms with Gasteiger partial charge in [-0.05, 0) is 32.0 Å². The highest BCUT2D eigenvalue weighted by Gasteiger charge is 2.28. The third-order valence-electron chi connectivity index (χ3n) is 4.43. The number of carbonyl (C=O) groups excluding carboxylic acids is 1. The molecule has 2 heterocycles. The van der Waals surface area contributed by atoms with Gasteiger partial charge in [-0.25, -0.2) is 0 Å². The van der Waals surface area contributed by atoms with Crippen LogP contribution in [0.5, 0.6) is 0 Å². The summed E-state index contributed by atoms with van der Waals surface area (Å²) in [4.78, 5) is 16.8. The lowest BCUT2D eigenvalue weighted by Crippen LogP contribution is -2.09. The average molecular weight is 365 g/mol. The van der Waals surface area contributed by atoms with Gasteiger partial charge >= 0.3 is 0 Å². The van der Waals surface area contributed by atoms with E-state index in [-0.39, 0.29) is 18.2 Å². The van der Waals surface area contributed by atoms with E-state index in [0.29, 0.717) is 10.8 Å². The Hall–Kier alpha value is -2.79. The lowest BCUT2D eigenvalue weighted by atomic mass is 10.0. The minimum atomic E-state index is -0.383. The van der Waals surface area contributed by atoms with Gasteiger partial charge in [0, 0.05) is 22.6 Å². The van der Waals surface area contributed by atoms with Gasteiger partial charge in [0.25, 0.3) is 0 Å². The summed E-state index contributed by atoms with van der Waals surface area (Å²) in [5.41, 5.74) is 3.72. The number of hydrogen-bond acceptors (Lipinski definition) is 4. The van der Waals surface area contributed by atoms with Crippen LogP contribution in [0.25, 0.3) is 5.69 Å². The third kappa shape index (κ3) is 2.84. The number of Topliss-reactive ketones (excluding diaryl/α,β-unsaturated/α-hetero) is 1. The molecule has 5 nitrogen and oxygen atoms in total. The molecule has 0 radical (unpaired) electrons.